The molecule has 0 aromatic heterocycles. The van der Waals surface area contributed by atoms with Crippen LogP contribution in [-0.4, -0.2) is 30.7 Å². The van der Waals surface area contributed by atoms with Gasteiger partial charge >= 0.3 is 12.0 Å². The molecule has 1 aromatic rings. The topological polar surface area (TPSA) is 69.6 Å². The van der Waals surface area contributed by atoms with Gasteiger partial charge in [-0.05, 0) is 25.5 Å². The maximum atomic E-state index is 12.0. The number of benzene rings is 1. The number of para-hydroxylation sites is 1. The molecule has 0 spiro atoms. The van der Waals surface area contributed by atoms with E-state index < -0.39 is 11.4 Å². The zero-order valence-corrected chi connectivity index (χ0v) is 11.5. The van der Waals surface area contributed by atoms with Gasteiger partial charge in [0.15, 0.2) is 0 Å². The highest BCUT2D eigenvalue weighted by molar-refractivity contribution is 5.91. The van der Waals surface area contributed by atoms with Gasteiger partial charge in [-0.3, -0.25) is 9.69 Å². The lowest BCUT2D eigenvalue weighted by Gasteiger charge is -2.25. The Morgan fingerprint density at radius 2 is 1.89 bits per heavy atom. The normalized spacial score (nSPS) is 13.4. The van der Waals surface area contributed by atoms with Crippen LogP contribution < -0.4 is 10.2 Å². The molecular weight excluding hydrogens is 244 g/mol. The van der Waals surface area contributed by atoms with Crippen molar-refractivity contribution >= 4 is 17.7 Å². The SMILES string of the molecule is CCC(C)(CNC(=O)N(C)c1ccccc1)C(=O)O. The number of anilines is 1. The van der Waals surface area contributed by atoms with Gasteiger partial charge in [0, 0.05) is 19.3 Å². The van der Waals surface area contributed by atoms with Crippen LogP contribution in [0.1, 0.15) is 20.3 Å². The Morgan fingerprint density at radius 1 is 1.32 bits per heavy atom. The van der Waals surface area contributed by atoms with Crippen LogP contribution in [0.25, 0.3) is 0 Å². The molecule has 5 nitrogen and oxygen atoms in total. The lowest BCUT2D eigenvalue weighted by atomic mass is 9.88. The van der Waals surface area contributed by atoms with E-state index in [1.807, 2.05) is 30.3 Å². The maximum absolute atomic E-state index is 12.0. The number of hydrogen-bond donors (Lipinski definition) is 2. The largest absolute Gasteiger partial charge is 0.481 e. The first kappa shape index (κ1) is 15.0. The molecule has 0 heterocycles. The van der Waals surface area contributed by atoms with Crippen molar-refractivity contribution in [2.45, 2.75) is 20.3 Å². The van der Waals surface area contributed by atoms with Crippen LogP contribution in [0.3, 0.4) is 0 Å². The minimum absolute atomic E-state index is 0.106. The molecule has 2 N–H and O–H groups in total. The smallest absolute Gasteiger partial charge is 0.321 e. The van der Waals surface area contributed by atoms with Crippen molar-refractivity contribution in [2.75, 3.05) is 18.5 Å². The van der Waals surface area contributed by atoms with Gasteiger partial charge in [0.2, 0.25) is 0 Å². The fraction of sp³-hybridized carbons (Fsp3) is 0.429. The Morgan fingerprint density at radius 3 is 2.37 bits per heavy atom. The van der Waals surface area contributed by atoms with E-state index in [0.717, 1.165) is 5.69 Å². The Kier molecular flexibility index (Phi) is 4.92. The highest BCUT2D eigenvalue weighted by Crippen LogP contribution is 2.20. The van der Waals surface area contributed by atoms with E-state index >= 15 is 0 Å². The second-order valence-electron chi connectivity index (χ2n) is 4.77. The predicted molar refractivity (Wildman–Crippen MR) is 74.3 cm³/mol. The number of nitrogens with zero attached hydrogens (tertiary/aromatic N) is 1. The van der Waals surface area contributed by atoms with Gasteiger partial charge < -0.3 is 10.4 Å². The minimum Gasteiger partial charge on any atom is -0.481 e. The second-order valence-corrected chi connectivity index (χ2v) is 4.77. The van der Waals surface area contributed by atoms with Crippen molar-refractivity contribution in [3.63, 3.8) is 0 Å². The first-order valence-corrected chi connectivity index (χ1v) is 6.20. The van der Waals surface area contributed by atoms with Crippen molar-refractivity contribution in [3.05, 3.63) is 30.3 Å². The third kappa shape index (κ3) is 3.71. The summed E-state index contributed by atoms with van der Waals surface area (Å²) in [5.74, 6) is -0.905. The number of amides is 2. The molecule has 0 fully saturated rings. The Hall–Kier alpha value is -2.04. The fourth-order valence-electron chi connectivity index (χ4n) is 1.51. The highest BCUT2D eigenvalue weighted by Gasteiger charge is 2.31. The molecule has 0 aliphatic heterocycles. The summed E-state index contributed by atoms with van der Waals surface area (Å²) in [7, 11) is 1.65. The number of aliphatic carboxylic acids is 1. The van der Waals surface area contributed by atoms with E-state index in [1.54, 1.807) is 20.9 Å². The van der Waals surface area contributed by atoms with E-state index in [1.165, 1.54) is 4.90 Å². The fourth-order valence-corrected chi connectivity index (χ4v) is 1.51. The summed E-state index contributed by atoms with van der Waals surface area (Å²) in [5, 5.41) is 11.8. The molecule has 104 valence electrons. The number of carboxylic acid groups (broad SMARTS) is 1. The average molecular weight is 264 g/mol. The summed E-state index contributed by atoms with van der Waals surface area (Å²) in [5.41, 5.74) is -0.179. The summed E-state index contributed by atoms with van der Waals surface area (Å²) in [6.07, 6.45) is 0.456. The molecule has 0 saturated heterocycles. The molecule has 5 heteroatoms. The average Bonchev–Trinajstić information content (AvgIpc) is 2.44. The van der Waals surface area contributed by atoms with Crippen LogP contribution in [0.5, 0.6) is 0 Å². The van der Waals surface area contributed by atoms with Crippen molar-refractivity contribution in [1.29, 1.82) is 0 Å². The van der Waals surface area contributed by atoms with E-state index in [2.05, 4.69) is 5.32 Å². The third-order valence-electron chi connectivity index (χ3n) is 3.37. The molecule has 0 bridgehead atoms. The molecule has 1 rings (SSSR count). The molecule has 1 aromatic carbocycles. The van der Waals surface area contributed by atoms with Gasteiger partial charge in [0.25, 0.3) is 0 Å². The quantitative estimate of drug-likeness (QED) is 0.857. The molecule has 19 heavy (non-hydrogen) atoms. The van der Waals surface area contributed by atoms with E-state index in [-0.39, 0.29) is 12.6 Å². The number of carbonyl (C=O) groups is 2. The molecule has 1 unspecified atom stereocenters. The monoisotopic (exact) mass is 264 g/mol. The Bertz CT molecular complexity index is 447. The zero-order valence-electron chi connectivity index (χ0n) is 11.5. The van der Waals surface area contributed by atoms with Gasteiger partial charge in [-0.15, -0.1) is 0 Å². The maximum Gasteiger partial charge on any atom is 0.321 e. The summed E-state index contributed by atoms with van der Waals surface area (Å²) < 4.78 is 0. The van der Waals surface area contributed by atoms with Crippen molar-refractivity contribution in [2.24, 2.45) is 5.41 Å². The van der Waals surface area contributed by atoms with Crippen LogP contribution in [0, 0.1) is 5.41 Å². The number of rotatable bonds is 5. The molecule has 0 aliphatic rings. The van der Waals surface area contributed by atoms with Crippen molar-refractivity contribution in [1.82, 2.24) is 5.32 Å². The van der Waals surface area contributed by atoms with Gasteiger partial charge in [-0.2, -0.15) is 0 Å². The lowest BCUT2D eigenvalue weighted by molar-refractivity contribution is -0.147. The molecule has 0 radical (unpaired) electrons. The zero-order chi connectivity index (χ0) is 14.5. The molecule has 2 amide bonds. The standard InChI is InChI=1S/C14H20N2O3/c1-4-14(2,12(17)18)10-15-13(19)16(3)11-8-6-5-7-9-11/h5-9H,4,10H2,1-3H3,(H,15,19)(H,17,18). The van der Waals surface area contributed by atoms with Gasteiger partial charge in [-0.1, -0.05) is 25.1 Å². The molecule has 0 saturated carbocycles. The summed E-state index contributed by atoms with van der Waals surface area (Å²) in [6.45, 7) is 3.52. The Labute approximate surface area is 113 Å². The summed E-state index contributed by atoms with van der Waals surface area (Å²) in [6, 6.07) is 8.87. The Balaban J connectivity index is 2.63. The predicted octanol–water partition coefficient (Wildman–Crippen LogP) is 2.33. The molecule has 0 aliphatic carbocycles. The van der Waals surface area contributed by atoms with E-state index in [4.69, 9.17) is 5.11 Å². The molecule has 1 atom stereocenters. The lowest BCUT2D eigenvalue weighted by Crippen LogP contribution is -2.45. The van der Waals surface area contributed by atoms with Crippen LogP contribution >= 0.6 is 0 Å². The van der Waals surface area contributed by atoms with Crippen LogP contribution in [0.15, 0.2) is 30.3 Å². The number of urea groups is 1. The van der Waals surface area contributed by atoms with Crippen molar-refractivity contribution in [3.8, 4) is 0 Å². The summed E-state index contributed by atoms with van der Waals surface area (Å²) in [4.78, 5) is 24.5. The van der Waals surface area contributed by atoms with Gasteiger partial charge in [0.1, 0.15) is 0 Å². The number of hydrogen-bond acceptors (Lipinski definition) is 2. The van der Waals surface area contributed by atoms with Crippen LogP contribution in [0.2, 0.25) is 0 Å². The highest BCUT2D eigenvalue weighted by atomic mass is 16.4. The van der Waals surface area contributed by atoms with E-state index in [9.17, 15) is 9.59 Å². The number of nitrogens with one attached hydrogen (secondary N) is 1. The molecular formula is C14H20N2O3. The first-order valence-electron chi connectivity index (χ1n) is 6.20. The van der Waals surface area contributed by atoms with Crippen LogP contribution in [0.4, 0.5) is 10.5 Å². The van der Waals surface area contributed by atoms with Crippen molar-refractivity contribution < 1.29 is 14.7 Å². The third-order valence-corrected chi connectivity index (χ3v) is 3.37. The second kappa shape index (κ2) is 6.22. The number of carbonyl (C=O) groups excluding carboxylic acids is 1. The number of carboxylic acids is 1. The minimum atomic E-state index is -0.937. The first-order chi connectivity index (χ1) is 8.90. The van der Waals surface area contributed by atoms with Gasteiger partial charge in [-0.25, -0.2) is 4.79 Å². The van der Waals surface area contributed by atoms with Crippen LogP contribution in [-0.2, 0) is 4.79 Å². The summed E-state index contributed by atoms with van der Waals surface area (Å²) >= 11 is 0. The van der Waals surface area contributed by atoms with Gasteiger partial charge in [0.05, 0.1) is 5.41 Å². The van der Waals surface area contributed by atoms with E-state index in [0.29, 0.717) is 6.42 Å².